The maximum absolute atomic E-state index is 12.4. The number of nitrogens with one attached hydrogen (secondary N) is 1. The first-order valence-electron chi connectivity index (χ1n) is 10.2. The molecule has 1 aromatic rings. The average Bonchev–Trinajstić information content (AvgIpc) is 2.74. The maximum atomic E-state index is 12.4. The van der Waals surface area contributed by atoms with Crippen molar-refractivity contribution in [2.45, 2.75) is 58.5 Å². The lowest BCUT2D eigenvalue weighted by molar-refractivity contribution is -0.162. The Morgan fingerprint density at radius 3 is 2.53 bits per heavy atom. The van der Waals surface area contributed by atoms with Crippen molar-refractivity contribution in [1.29, 1.82) is 0 Å². The highest BCUT2D eigenvalue weighted by molar-refractivity contribution is 5.81. The first kappa shape index (κ1) is 23.5. The quantitative estimate of drug-likeness (QED) is 0.266. The highest BCUT2D eigenvalue weighted by atomic mass is 16.6. The fourth-order valence-electron chi connectivity index (χ4n) is 3.42. The van der Waals surface area contributed by atoms with Crippen LogP contribution in [-0.4, -0.2) is 65.7 Å². The van der Waals surface area contributed by atoms with Gasteiger partial charge in [-0.05, 0) is 43.5 Å². The van der Waals surface area contributed by atoms with Crippen LogP contribution in [0.2, 0.25) is 0 Å². The molecule has 0 spiro atoms. The van der Waals surface area contributed by atoms with Gasteiger partial charge in [-0.2, -0.15) is 4.98 Å². The van der Waals surface area contributed by atoms with Gasteiger partial charge in [-0.1, -0.05) is 6.92 Å². The number of hydrogen-bond acceptors (Lipinski definition) is 9. The largest absolute Gasteiger partial charge is 0.458 e. The zero-order chi connectivity index (χ0) is 23.6. The number of nitrogens with zero attached hydrogens (tertiary/aromatic N) is 3. The van der Waals surface area contributed by atoms with Crippen molar-refractivity contribution in [1.82, 2.24) is 19.5 Å². The number of aryl methyl sites for hydroxylation is 2. The Kier molecular flexibility index (Phi) is 7.02. The molecule has 0 aliphatic carbocycles. The van der Waals surface area contributed by atoms with Crippen molar-refractivity contribution in [3.8, 4) is 11.5 Å². The van der Waals surface area contributed by atoms with E-state index in [0.717, 1.165) is 11.1 Å². The van der Waals surface area contributed by atoms with Crippen molar-refractivity contribution in [2.24, 2.45) is 0 Å². The molecule has 2 aliphatic rings. The predicted molar refractivity (Wildman–Crippen MR) is 114 cm³/mol. The molecule has 3 atom stereocenters. The lowest BCUT2D eigenvalue weighted by atomic mass is 10.1. The van der Waals surface area contributed by atoms with Crippen LogP contribution in [0.25, 0.3) is 22.6 Å². The van der Waals surface area contributed by atoms with Crippen LogP contribution in [0.4, 0.5) is 0 Å². The third-order valence-electron chi connectivity index (χ3n) is 5.29. The molecule has 11 heteroatoms. The van der Waals surface area contributed by atoms with Crippen molar-refractivity contribution < 1.29 is 24.9 Å². The Morgan fingerprint density at radius 1 is 1.19 bits per heavy atom. The smallest absolute Gasteiger partial charge is 0.349 e. The molecule has 2 aliphatic heterocycles. The summed E-state index contributed by atoms with van der Waals surface area (Å²) < 4.78 is 6.86. The number of ether oxygens (including phenoxy) is 1. The van der Waals surface area contributed by atoms with Crippen LogP contribution in [0.1, 0.15) is 30.9 Å². The van der Waals surface area contributed by atoms with E-state index in [9.17, 15) is 29.7 Å². The third kappa shape index (κ3) is 4.69. The number of aliphatic hydroxyl groups excluding tert-OH is 3. The van der Waals surface area contributed by atoms with E-state index in [4.69, 9.17) is 4.74 Å². The summed E-state index contributed by atoms with van der Waals surface area (Å²) in [6.07, 6.45) is -3.92. The van der Waals surface area contributed by atoms with Crippen LogP contribution < -0.4 is 11.2 Å². The molecule has 0 aromatic heterocycles. The monoisotopic (exact) mass is 446 g/mol. The minimum atomic E-state index is -1.63. The fraction of sp³-hybridized carbons (Fsp3) is 0.476. The number of benzene rings is 1. The predicted octanol–water partition coefficient (Wildman–Crippen LogP) is -0.373. The molecule has 0 unspecified atom stereocenters. The number of H-pyrrole nitrogens is 1. The lowest BCUT2D eigenvalue weighted by Crippen LogP contribution is -2.44. The minimum absolute atomic E-state index is 0.0586. The van der Waals surface area contributed by atoms with Crippen molar-refractivity contribution in [2.75, 3.05) is 6.61 Å². The molecule has 172 valence electrons. The first-order valence-corrected chi connectivity index (χ1v) is 10.2. The number of carbonyl (C=O) groups is 1. The van der Waals surface area contributed by atoms with Crippen LogP contribution in [0.3, 0.4) is 0 Å². The van der Waals surface area contributed by atoms with Crippen LogP contribution in [0.15, 0.2) is 21.7 Å². The number of aromatic amines is 1. The summed E-state index contributed by atoms with van der Waals surface area (Å²) >= 11 is 0. The van der Waals surface area contributed by atoms with Gasteiger partial charge in [0.15, 0.2) is 11.5 Å². The molecule has 3 rings (SSSR count). The van der Waals surface area contributed by atoms with E-state index in [0.29, 0.717) is 17.5 Å². The molecule has 32 heavy (non-hydrogen) atoms. The summed E-state index contributed by atoms with van der Waals surface area (Å²) in [6, 6.07) is 3.55. The van der Waals surface area contributed by atoms with Gasteiger partial charge in [0.1, 0.15) is 18.3 Å². The Morgan fingerprint density at radius 2 is 1.88 bits per heavy atom. The van der Waals surface area contributed by atoms with Gasteiger partial charge in [0, 0.05) is 6.42 Å². The second kappa shape index (κ2) is 9.55. The van der Waals surface area contributed by atoms with E-state index in [2.05, 4.69) is 15.0 Å². The third-order valence-corrected chi connectivity index (χ3v) is 5.29. The zero-order valence-electron chi connectivity index (χ0n) is 18.0. The summed E-state index contributed by atoms with van der Waals surface area (Å²) in [6.45, 7) is 4.53. The summed E-state index contributed by atoms with van der Waals surface area (Å²) in [5.41, 5.74) is 1.03. The molecule has 2 heterocycles. The van der Waals surface area contributed by atoms with Crippen molar-refractivity contribution in [3.05, 3.63) is 44.1 Å². The molecular weight excluding hydrogens is 420 g/mol. The highest BCUT2D eigenvalue weighted by Gasteiger charge is 2.31. The van der Waals surface area contributed by atoms with E-state index in [1.165, 1.54) is 4.57 Å². The van der Waals surface area contributed by atoms with Crippen LogP contribution >= 0.6 is 0 Å². The SMILES string of the molecule is CCCC(=O)O[C@H](Cn1c2nc(=O)[nH]c(=O)c-2nc2cc(C)c(C)cc21)[C@@H](O)[C@@H](O)CO. The molecular formula is C21H26N4O7. The standard InChI is InChI=1S/C21H26N4O7/c1-4-5-16(28)32-15(18(29)14(27)9-26)8-25-13-7-11(3)10(2)6-12(13)22-17-19(25)23-21(31)24-20(17)30/h6-7,14-15,18,26-27,29H,4-5,8-9H2,1-3H3,(H,24,30,31)/t14-,15+,18-/m0/s1. The average molecular weight is 446 g/mol. The zero-order valence-corrected chi connectivity index (χ0v) is 18.0. The van der Waals surface area contributed by atoms with Gasteiger partial charge in [0.05, 0.1) is 24.2 Å². The fourth-order valence-corrected chi connectivity index (χ4v) is 3.42. The topological polar surface area (TPSA) is 168 Å². The van der Waals surface area contributed by atoms with E-state index >= 15 is 0 Å². The molecule has 0 fully saturated rings. The van der Waals surface area contributed by atoms with Gasteiger partial charge in [0.25, 0.3) is 5.56 Å². The first-order chi connectivity index (χ1) is 15.2. The maximum Gasteiger partial charge on any atom is 0.349 e. The summed E-state index contributed by atoms with van der Waals surface area (Å²) in [5.74, 6) is -0.663. The van der Waals surface area contributed by atoms with Crippen molar-refractivity contribution >= 4 is 17.0 Å². The molecule has 0 bridgehead atoms. The van der Waals surface area contributed by atoms with E-state index in [1.807, 2.05) is 13.8 Å². The molecule has 0 radical (unpaired) electrons. The molecule has 0 amide bonds. The van der Waals surface area contributed by atoms with Crippen LogP contribution in [0, 0.1) is 13.8 Å². The van der Waals surface area contributed by atoms with Gasteiger partial charge in [0.2, 0.25) is 0 Å². The van der Waals surface area contributed by atoms with Crippen LogP contribution in [0.5, 0.6) is 0 Å². The molecule has 4 N–H and O–H groups in total. The molecule has 11 nitrogen and oxygen atoms in total. The van der Waals surface area contributed by atoms with Gasteiger partial charge < -0.3 is 24.6 Å². The number of aliphatic hydroxyl groups is 3. The number of hydrogen-bond donors (Lipinski definition) is 4. The lowest BCUT2D eigenvalue weighted by Gasteiger charge is -2.28. The van der Waals surface area contributed by atoms with Gasteiger partial charge in [-0.25, -0.2) is 9.78 Å². The van der Waals surface area contributed by atoms with E-state index < -0.39 is 42.1 Å². The van der Waals surface area contributed by atoms with E-state index in [1.54, 1.807) is 19.1 Å². The highest BCUT2D eigenvalue weighted by Crippen LogP contribution is 2.25. The second-order valence-electron chi connectivity index (χ2n) is 7.71. The molecule has 0 saturated heterocycles. The summed E-state index contributed by atoms with van der Waals surface area (Å²) in [4.78, 5) is 46.8. The normalized spacial score (nSPS) is 14.4. The number of esters is 1. The Balaban J connectivity index is 2.24. The van der Waals surface area contributed by atoms with Crippen LogP contribution in [-0.2, 0) is 16.1 Å². The molecule has 0 saturated carbocycles. The number of carbonyl (C=O) groups excluding carboxylic acids is 1. The number of aromatic nitrogens is 4. The van der Waals surface area contributed by atoms with Gasteiger partial charge >= 0.3 is 11.7 Å². The van der Waals surface area contributed by atoms with Gasteiger partial charge in [-0.15, -0.1) is 0 Å². The van der Waals surface area contributed by atoms with Gasteiger partial charge in [-0.3, -0.25) is 14.6 Å². The van der Waals surface area contributed by atoms with Crippen molar-refractivity contribution in [3.63, 3.8) is 0 Å². The Bertz CT molecular complexity index is 1220. The second-order valence-corrected chi connectivity index (χ2v) is 7.71. The Hall–Kier alpha value is -3.15. The number of fused-ring (bicyclic) bond motifs is 2. The number of rotatable bonds is 8. The van der Waals surface area contributed by atoms with E-state index in [-0.39, 0.29) is 24.5 Å². The summed E-state index contributed by atoms with van der Waals surface area (Å²) in [5, 5.41) is 29.8. The minimum Gasteiger partial charge on any atom is -0.458 e. The Labute approximate surface area is 182 Å². The molecule has 1 aromatic carbocycles. The summed E-state index contributed by atoms with van der Waals surface area (Å²) in [7, 11) is 0.